The van der Waals surface area contributed by atoms with Gasteiger partial charge in [0.1, 0.15) is 0 Å². The van der Waals surface area contributed by atoms with Crippen LogP contribution < -0.4 is 5.32 Å². The molecule has 122 valence electrons. The minimum Gasteiger partial charge on any atom is -0.385 e. The molecule has 1 fully saturated rings. The average molecular weight is 310 g/mol. The first kappa shape index (κ1) is 16.0. The quantitative estimate of drug-likeness (QED) is 0.793. The number of morpholine rings is 1. The van der Waals surface area contributed by atoms with E-state index in [4.69, 9.17) is 4.74 Å². The van der Waals surface area contributed by atoms with Crippen molar-refractivity contribution >= 4 is 5.69 Å². The van der Waals surface area contributed by atoms with Gasteiger partial charge in [-0.1, -0.05) is 48.5 Å². The Bertz CT molecular complexity index is 558. The molecule has 0 saturated carbocycles. The van der Waals surface area contributed by atoms with Gasteiger partial charge < -0.3 is 10.1 Å². The van der Waals surface area contributed by atoms with Crippen molar-refractivity contribution < 1.29 is 4.74 Å². The van der Waals surface area contributed by atoms with Gasteiger partial charge in [0, 0.05) is 31.9 Å². The SMILES string of the molecule is c1ccc(CC2CN(CCCNc3ccccc3)CCO2)cc1. The third-order valence-electron chi connectivity index (χ3n) is 4.28. The zero-order chi connectivity index (χ0) is 15.7. The normalized spacial score (nSPS) is 18.7. The molecule has 1 aliphatic heterocycles. The molecule has 0 aliphatic carbocycles. The highest BCUT2D eigenvalue weighted by molar-refractivity contribution is 5.42. The molecular weight excluding hydrogens is 284 g/mol. The molecule has 0 aromatic heterocycles. The number of hydrogen-bond donors (Lipinski definition) is 1. The van der Waals surface area contributed by atoms with E-state index in [0.29, 0.717) is 6.10 Å². The van der Waals surface area contributed by atoms with Crippen LogP contribution in [-0.4, -0.2) is 43.8 Å². The summed E-state index contributed by atoms with van der Waals surface area (Å²) >= 11 is 0. The maximum absolute atomic E-state index is 5.93. The zero-order valence-corrected chi connectivity index (χ0v) is 13.7. The van der Waals surface area contributed by atoms with E-state index in [1.807, 2.05) is 6.07 Å². The van der Waals surface area contributed by atoms with Gasteiger partial charge in [-0.15, -0.1) is 0 Å². The summed E-state index contributed by atoms with van der Waals surface area (Å²) in [7, 11) is 0. The monoisotopic (exact) mass is 310 g/mol. The van der Waals surface area contributed by atoms with E-state index in [-0.39, 0.29) is 0 Å². The van der Waals surface area contributed by atoms with Crippen LogP contribution in [0.5, 0.6) is 0 Å². The molecule has 1 heterocycles. The Balaban J connectivity index is 1.37. The molecule has 3 rings (SSSR count). The first-order valence-corrected chi connectivity index (χ1v) is 8.57. The maximum atomic E-state index is 5.93. The van der Waals surface area contributed by atoms with Gasteiger partial charge in [0.15, 0.2) is 0 Å². The van der Waals surface area contributed by atoms with Gasteiger partial charge in [-0.3, -0.25) is 4.90 Å². The number of ether oxygens (including phenoxy) is 1. The Morgan fingerprint density at radius 2 is 1.74 bits per heavy atom. The molecule has 1 unspecified atom stereocenters. The fourth-order valence-electron chi connectivity index (χ4n) is 3.08. The number of benzene rings is 2. The summed E-state index contributed by atoms with van der Waals surface area (Å²) in [5, 5.41) is 3.48. The molecule has 0 spiro atoms. The van der Waals surface area contributed by atoms with Gasteiger partial charge in [0.25, 0.3) is 0 Å². The summed E-state index contributed by atoms with van der Waals surface area (Å²) in [5.41, 5.74) is 2.57. The molecule has 1 aliphatic rings. The summed E-state index contributed by atoms with van der Waals surface area (Å²) in [6.07, 6.45) is 2.50. The van der Waals surface area contributed by atoms with Gasteiger partial charge in [-0.25, -0.2) is 0 Å². The Labute approximate surface area is 139 Å². The van der Waals surface area contributed by atoms with Crippen LogP contribution in [0.3, 0.4) is 0 Å². The third-order valence-corrected chi connectivity index (χ3v) is 4.28. The molecule has 1 N–H and O–H groups in total. The van der Waals surface area contributed by atoms with Crippen LogP contribution in [0.4, 0.5) is 5.69 Å². The number of rotatable bonds is 7. The highest BCUT2D eigenvalue weighted by Gasteiger charge is 2.20. The van der Waals surface area contributed by atoms with Crippen LogP contribution in [0.15, 0.2) is 60.7 Å². The summed E-state index contributed by atoms with van der Waals surface area (Å²) < 4.78 is 5.93. The van der Waals surface area contributed by atoms with E-state index in [2.05, 4.69) is 64.8 Å². The lowest BCUT2D eigenvalue weighted by Crippen LogP contribution is -2.44. The number of anilines is 1. The van der Waals surface area contributed by atoms with Crippen molar-refractivity contribution in [2.45, 2.75) is 18.9 Å². The van der Waals surface area contributed by atoms with Crippen LogP contribution in [-0.2, 0) is 11.2 Å². The molecule has 23 heavy (non-hydrogen) atoms. The van der Waals surface area contributed by atoms with Crippen LogP contribution in [0.25, 0.3) is 0 Å². The number of para-hydroxylation sites is 1. The molecule has 3 heteroatoms. The summed E-state index contributed by atoms with van der Waals surface area (Å²) in [4.78, 5) is 2.53. The van der Waals surface area contributed by atoms with Gasteiger partial charge >= 0.3 is 0 Å². The lowest BCUT2D eigenvalue weighted by Gasteiger charge is -2.33. The van der Waals surface area contributed by atoms with Crippen LogP contribution in [0.1, 0.15) is 12.0 Å². The number of hydrogen-bond acceptors (Lipinski definition) is 3. The minimum atomic E-state index is 0.327. The molecule has 2 aromatic carbocycles. The fraction of sp³-hybridized carbons (Fsp3) is 0.400. The topological polar surface area (TPSA) is 24.5 Å². The number of nitrogens with zero attached hydrogens (tertiary/aromatic N) is 1. The van der Waals surface area contributed by atoms with Gasteiger partial charge in [0.05, 0.1) is 12.7 Å². The molecule has 1 saturated heterocycles. The second kappa shape index (κ2) is 8.70. The predicted octanol–water partition coefficient (Wildman–Crippen LogP) is 3.43. The van der Waals surface area contributed by atoms with Crippen molar-refractivity contribution in [2.75, 3.05) is 38.1 Å². The molecule has 2 aromatic rings. The Morgan fingerprint density at radius 3 is 2.52 bits per heavy atom. The highest BCUT2D eigenvalue weighted by Crippen LogP contribution is 2.12. The molecule has 3 nitrogen and oxygen atoms in total. The first-order chi connectivity index (χ1) is 11.4. The predicted molar refractivity (Wildman–Crippen MR) is 95.9 cm³/mol. The molecular formula is C20H26N2O. The second-order valence-electron chi connectivity index (χ2n) is 6.13. The minimum absolute atomic E-state index is 0.327. The smallest absolute Gasteiger partial charge is 0.0742 e. The van der Waals surface area contributed by atoms with Gasteiger partial charge in [-0.05, 0) is 30.5 Å². The molecule has 1 atom stereocenters. The lowest BCUT2D eigenvalue weighted by molar-refractivity contribution is -0.0275. The largest absolute Gasteiger partial charge is 0.385 e. The highest BCUT2D eigenvalue weighted by atomic mass is 16.5. The van der Waals surface area contributed by atoms with Gasteiger partial charge in [-0.2, -0.15) is 0 Å². The summed E-state index contributed by atoms with van der Waals surface area (Å²) in [6.45, 7) is 5.10. The van der Waals surface area contributed by atoms with Crippen molar-refractivity contribution in [1.29, 1.82) is 0 Å². The fourth-order valence-corrected chi connectivity index (χ4v) is 3.08. The Kier molecular flexibility index (Phi) is 6.07. The van der Waals surface area contributed by atoms with Crippen LogP contribution in [0.2, 0.25) is 0 Å². The molecule has 0 radical (unpaired) electrons. The summed E-state index contributed by atoms with van der Waals surface area (Å²) in [5.74, 6) is 0. The third kappa shape index (κ3) is 5.38. The van der Waals surface area contributed by atoms with Crippen molar-refractivity contribution in [2.24, 2.45) is 0 Å². The standard InChI is InChI=1S/C20H26N2O/c1-3-8-18(9-4-1)16-20-17-22(14-15-23-20)13-7-12-21-19-10-5-2-6-11-19/h1-6,8-11,20-21H,7,12-17H2. The van der Waals surface area contributed by atoms with Crippen molar-refractivity contribution in [3.8, 4) is 0 Å². The van der Waals surface area contributed by atoms with E-state index in [0.717, 1.165) is 45.6 Å². The summed E-state index contributed by atoms with van der Waals surface area (Å²) in [6, 6.07) is 21.1. The van der Waals surface area contributed by atoms with E-state index in [1.165, 1.54) is 11.3 Å². The average Bonchev–Trinajstić information content (AvgIpc) is 2.61. The van der Waals surface area contributed by atoms with E-state index < -0.39 is 0 Å². The van der Waals surface area contributed by atoms with E-state index in [1.54, 1.807) is 0 Å². The Morgan fingerprint density at radius 1 is 1.00 bits per heavy atom. The second-order valence-corrected chi connectivity index (χ2v) is 6.13. The van der Waals surface area contributed by atoms with Crippen LogP contribution >= 0.6 is 0 Å². The van der Waals surface area contributed by atoms with E-state index in [9.17, 15) is 0 Å². The lowest BCUT2D eigenvalue weighted by atomic mass is 10.1. The van der Waals surface area contributed by atoms with Crippen molar-refractivity contribution in [3.63, 3.8) is 0 Å². The van der Waals surface area contributed by atoms with E-state index >= 15 is 0 Å². The first-order valence-electron chi connectivity index (χ1n) is 8.57. The van der Waals surface area contributed by atoms with Crippen LogP contribution in [0, 0.1) is 0 Å². The van der Waals surface area contributed by atoms with Gasteiger partial charge in [0.2, 0.25) is 0 Å². The van der Waals surface area contributed by atoms with Crippen molar-refractivity contribution in [3.05, 3.63) is 66.2 Å². The Hall–Kier alpha value is -1.84. The molecule has 0 bridgehead atoms. The maximum Gasteiger partial charge on any atom is 0.0742 e. The zero-order valence-electron chi connectivity index (χ0n) is 13.7. The number of nitrogens with one attached hydrogen (secondary N) is 1. The molecule has 0 amide bonds. The van der Waals surface area contributed by atoms with Crippen molar-refractivity contribution in [1.82, 2.24) is 4.90 Å².